The molecule has 1 aromatic rings. The second kappa shape index (κ2) is 4.28. The molecule has 1 fully saturated rings. The third-order valence-corrected chi connectivity index (χ3v) is 6.81. The maximum absolute atomic E-state index is 2.56. The molecule has 0 radical (unpaired) electrons. The molecule has 1 aromatic carbocycles. The Balaban J connectivity index is 2.07. The van der Waals surface area contributed by atoms with Crippen LogP contribution in [0.2, 0.25) is 0 Å². The van der Waals surface area contributed by atoms with Gasteiger partial charge in [0.2, 0.25) is 0 Å². The van der Waals surface area contributed by atoms with Gasteiger partial charge >= 0.3 is 0 Å². The summed E-state index contributed by atoms with van der Waals surface area (Å²) in [6.45, 7) is 9.33. The molecule has 18 heavy (non-hydrogen) atoms. The summed E-state index contributed by atoms with van der Waals surface area (Å²) in [5.41, 5.74) is 4.63. The van der Waals surface area contributed by atoms with Crippen molar-refractivity contribution in [2.45, 2.75) is 62.3 Å². The predicted molar refractivity (Wildman–Crippen MR) is 79.6 cm³/mol. The number of hydrogen-bond acceptors (Lipinski definition) is 2. The zero-order chi connectivity index (χ0) is 13.0. The SMILES string of the molecule is Cc1ccc(C)c2c1SC1C2CC(C)N(C)C1C. The zero-order valence-corrected chi connectivity index (χ0v) is 12.8. The lowest BCUT2D eigenvalue weighted by Gasteiger charge is -2.43. The Bertz CT molecular complexity index is 482. The zero-order valence-electron chi connectivity index (χ0n) is 12.0. The van der Waals surface area contributed by atoms with E-state index in [9.17, 15) is 0 Å². The van der Waals surface area contributed by atoms with Crippen LogP contribution in [-0.4, -0.2) is 29.3 Å². The van der Waals surface area contributed by atoms with Crippen molar-refractivity contribution in [3.05, 3.63) is 28.8 Å². The molecular formula is C16H23NS. The van der Waals surface area contributed by atoms with Crippen molar-refractivity contribution in [2.24, 2.45) is 0 Å². The van der Waals surface area contributed by atoms with E-state index in [-0.39, 0.29) is 0 Å². The van der Waals surface area contributed by atoms with Gasteiger partial charge in [0.15, 0.2) is 0 Å². The van der Waals surface area contributed by atoms with E-state index in [1.807, 2.05) is 0 Å². The van der Waals surface area contributed by atoms with E-state index in [1.54, 1.807) is 10.5 Å². The molecule has 98 valence electrons. The van der Waals surface area contributed by atoms with Gasteiger partial charge in [0.05, 0.1) is 0 Å². The van der Waals surface area contributed by atoms with Crippen molar-refractivity contribution in [3.8, 4) is 0 Å². The highest BCUT2D eigenvalue weighted by molar-refractivity contribution is 8.00. The second-order valence-corrected chi connectivity index (χ2v) is 7.31. The third kappa shape index (κ3) is 1.65. The summed E-state index contributed by atoms with van der Waals surface area (Å²) in [6.07, 6.45) is 1.32. The largest absolute Gasteiger partial charge is 0.300 e. The molecular weight excluding hydrogens is 238 g/mol. The molecule has 0 aromatic heterocycles. The number of benzene rings is 1. The van der Waals surface area contributed by atoms with Crippen LogP contribution in [0.3, 0.4) is 0 Å². The van der Waals surface area contributed by atoms with Gasteiger partial charge in [-0.3, -0.25) is 4.90 Å². The molecule has 1 nitrogen and oxygen atoms in total. The monoisotopic (exact) mass is 261 g/mol. The Labute approximate surface area is 115 Å². The van der Waals surface area contributed by atoms with Gasteiger partial charge in [-0.25, -0.2) is 0 Å². The molecule has 0 aliphatic carbocycles. The van der Waals surface area contributed by atoms with Crippen LogP contribution in [0.4, 0.5) is 0 Å². The molecule has 0 spiro atoms. The van der Waals surface area contributed by atoms with Crippen molar-refractivity contribution in [1.29, 1.82) is 0 Å². The first-order chi connectivity index (χ1) is 8.50. The van der Waals surface area contributed by atoms with E-state index < -0.39 is 0 Å². The van der Waals surface area contributed by atoms with Crippen LogP contribution in [0, 0.1) is 13.8 Å². The number of nitrogens with zero attached hydrogens (tertiary/aromatic N) is 1. The minimum Gasteiger partial charge on any atom is -0.300 e. The molecule has 2 heteroatoms. The van der Waals surface area contributed by atoms with E-state index >= 15 is 0 Å². The van der Waals surface area contributed by atoms with E-state index in [1.165, 1.54) is 17.5 Å². The summed E-state index contributed by atoms with van der Waals surface area (Å²) in [6, 6.07) is 5.98. The Morgan fingerprint density at radius 3 is 2.56 bits per heavy atom. The predicted octanol–water partition coefficient (Wildman–Crippen LogP) is 3.97. The Kier molecular flexibility index (Phi) is 2.98. The van der Waals surface area contributed by atoms with E-state index in [0.29, 0.717) is 12.1 Å². The smallest absolute Gasteiger partial charge is 0.0317 e. The average molecular weight is 261 g/mol. The number of likely N-dealkylation sites (tertiary alicyclic amines) is 1. The van der Waals surface area contributed by atoms with E-state index in [0.717, 1.165) is 11.2 Å². The van der Waals surface area contributed by atoms with Gasteiger partial charge < -0.3 is 0 Å². The van der Waals surface area contributed by atoms with Crippen LogP contribution < -0.4 is 0 Å². The van der Waals surface area contributed by atoms with Gasteiger partial charge in [-0.05, 0) is 57.9 Å². The lowest BCUT2D eigenvalue weighted by molar-refractivity contribution is 0.130. The Morgan fingerprint density at radius 2 is 1.83 bits per heavy atom. The number of aryl methyl sites for hydroxylation is 2. The molecule has 0 bridgehead atoms. The first kappa shape index (κ1) is 12.6. The summed E-state index contributed by atoms with van der Waals surface area (Å²) in [5.74, 6) is 0.770. The highest BCUT2D eigenvalue weighted by Gasteiger charge is 2.44. The molecule has 2 aliphatic rings. The van der Waals surface area contributed by atoms with Crippen LogP contribution >= 0.6 is 11.8 Å². The number of rotatable bonds is 0. The molecule has 4 unspecified atom stereocenters. The molecule has 2 heterocycles. The quantitative estimate of drug-likeness (QED) is 0.695. The van der Waals surface area contributed by atoms with E-state index in [4.69, 9.17) is 0 Å². The maximum atomic E-state index is 2.56. The molecule has 3 rings (SSSR count). The maximum Gasteiger partial charge on any atom is 0.0317 e. The summed E-state index contributed by atoms with van der Waals surface area (Å²) in [7, 11) is 2.29. The molecule has 4 atom stereocenters. The first-order valence-corrected chi connectivity index (χ1v) is 7.87. The van der Waals surface area contributed by atoms with Gasteiger partial charge in [0.1, 0.15) is 0 Å². The third-order valence-electron chi connectivity index (χ3n) is 5.04. The lowest BCUT2D eigenvalue weighted by atomic mass is 9.80. The molecule has 1 saturated heterocycles. The summed E-state index contributed by atoms with van der Waals surface area (Å²) in [5, 5.41) is 0.751. The number of piperidine rings is 1. The van der Waals surface area contributed by atoms with Crippen molar-refractivity contribution in [1.82, 2.24) is 4.90 Å². The standard InChI is InChI=1S/C16H23NS/c1-9-6-7-10(2)15-14(9)13-8-11(3)17(5)12(4)16(13)18-15/h6-7,11-13,16H,8H2,1-5H3. The molecule has 2 aliphatic heterocycles. The van der Waals surface area contributed by atoms with Crippen molar-refractivity contribution >= 4 is 11.8 Å². The first-order valence-electron chi connectivity index (χ1n) is 6.99. The van der Waals surface area contributed by atoms with Crippen LogP contribution in [0.15, 0.2) is 17.0 Å². The fraction of sp³-hybridized carbons (Fsp3) is 0.625. The Hall–Kier alpha value is -0.470. The van der Waals surface area contributed by atoms with E-state index in [2.05, 4.69) is 63.5 Å². The van der Waals surface area contributed by atoms with Gasteiger partial charge in [0, 0.05) is 28.1 Å². The molecule has 0 amide bonds. The van der Waals surface area contributed by atoms with Crippen LogP contribution in [0.1, 0.15) is 42.9 Å². The summed E-state index contributed by atoms with van der Waals surface area (Å²) in [4.78, 5) is 4.14. The van der Waals surface area contributed by atoms with Crippen LogP contribution in [-0.2, 0) is 0 Å². The second-order valence-electron chi connectivity index (χ2n) is 6.12. The minimum atomic E-state index is 0.676. The van der Waals surface area contributed by atoms with Crippen molar-refractivity contribution < 1.29 is 0 Å². The fourth-order valence-corrected chi connectivity index (χ4v) is 5.43. The lowest BCUT2D eigenvalue weighted by Crippen LogP contribution is -2.49. The van der Waals surface area contributed by atoms with Crippen molar-refractivity contribution in [2.75, 3.05) is 7.05 Å². The van der Waals surface area contributed by atoms with Gasteiger partial charge in [0.25, 0.3) is 0 Å². The number of fused-ring (bicyclic) bond motifs is 3. The van der Waals surface area contributed by atoms with Crippen molar-refractivity contribution in [3.63, 3.8) is 0 Å². The van der Waals surface area contributed by atoms with Crippen LogP contribution in [0.5, 0.6) is 0 Å². The fourth-order valence-electron chi connectivity index (χ4n) is 3.66. The Morgan fingerprint density at radius 1 is 1.17 bits per heavy atom. The highest BCUT2D eigenvalue weighted by atomic mass is 32.2. The van der Waals surface area contributed by atoms with Gasteiger partial charge in [-0.15, -0.1) is 11.8 Å². The highest BCUT2D eigenvalue weighted by Crippen LogP contribution is 2.54. The average Bonchev–Trinajstić information content (AvgIpc) is 2.72. The van der Waals surface area contributed by atoms with Crippen LogP contribution in [0.25, 0.3) is 0 Å². The topological polar surface area (TPSA) is 3.24 Å². The number of thioether (sulfide) groups is 1. The molecule has 0 saturated carbocycles. The number of hydrogen-bond donors (Lipinski definition) is 0. The molecule has 0 N–H and O–H groups in total. The minimum absolute atomic E-state index is 0.676. The summed E-state index contributed by atoms with van der Waals surface area (Å²) < 4.78 is 0. The van der Waals surface area contributed by atoms with Gasteiger partial charge in [-0.1, -0.05) is 12.1 Å². The summed E-state index contributed by atoms with van der Waals surface area (Å²) >= 11 is 2.13. The van der Waals surface area contributed by atoms with Gasteiger partial charge in [-0.2, -0.15) is 0 Å². The normalized spacial score (nSPS) is 35.4.